The van der Waals surface area contributed by atoms with Gasteiger partial charge in [-0.1, -0.05) is 40.5 Å². The summed E-state index contributed by atoms with van der Waals surface area (Å²) in [4.78, 5) is 48.3. The van der Waals surface area contributed by atoms with E-state index < -0.39 is 5.41 Å². The molecule has 0 aromatic heterocycles. The van der Waals surface area contributed by atoms with Crippen LogP contribution in [0.25, 0.3) is 0 Å². The van der Waals surface area contributed by atoms with E-state index >= 15 is 0 Å². The lowest BCUT2D eigenvalue weighted by atomic mass is 9.54. The van der Waals surface area contributed by atoms with Crippen LogP contribution in [0.4, 0.5) is 0 Å². The molecule has 0 aromatic carbocycles. The van der Waals surface area contributed by atoms with Crippen molar-refractivity contribution in [3.05, 3.63) is 0 Å². The van der Waals surface area contributed by atoms with E-state index in [4.69, 9.17) is 18.9 Å². The van der Waals surface area contributed by atoms with Crippen LogP contribution in [0.15, 0.2) is 0 Å². The first-order chi connectivity index (χ1) is 24.7. The average molecular weight is 743 g/mol. The summed E-state index contributed by atoms with van der Waals surface area (Å²) in [6, 6.07) is 0. The summed E-state index contributed by atoms with van der Waals surface area (Å²) in [5, 5.41) is 0. The van der Waals surface area contributed by atoms with E-state index in [0.717, 1.165) is 75.5 Å². The third-order valence-electron chi connectivity index (χ3n) is 15.5. The van der Waals surface area contributed by atoms with Crippen molar-refractivity contribution in [2.75, 3.05) is 0 Å². The number of fused-ring (bicyclic) bond motifs is 1. The van der Waals surface area contributed by atoms with E-state index in [1.54, 1.807) is 0 Å². The third-order valence-corrected chi connectivity index (χ3v) is 15.5. The second-order valence-electron chi connectivity index (χ2n) is 20.5. The minimum Gasteiger partial charge on any atom is -0.459 e. The molecule has 1 heterocycles. The lowest BCUT2D eigenvalue weighted by Gasteiger charge is -2.56. The molecule has 1 aliphatic heterocycles. The second-order valence-corrected chi connectivity index (χ2v) is 20.5. The fraction of sp³-hybridized carbons (Fsp3) is 0.911. The molecule has 53 heavy (non-hydrogen) atoms. The third kappa shape index (κ3) is 8.82. The van der Waals surface area contributed by atoms with E-state index in [9.17, 15) is 19.2 Å². The van der Waals surface area contributed by atoms with Gasteiger partial charge in [-0.3, -0.25) is 19.2 Å². The Hall–Kier alpha value is -2.12. The van der Waals surface area contributed by atoms with Gasteiger partial charge in [-0.15, -0.1) is 0 Å². The number of hydrogen-bond donors (Lipinski definition) is 0. The molecular weight excluding hydrogens is 668 g/mol. The molecule has 8 heteroatoms. The first-order valence-electron chi connectivity index (χ1n) is 21.6. The van der Waals surface area contributed by atoms with Gasteiger partial charge in [0, 0.05) is 11.8 Å². The van der Waals surface area contributed by atoms with Crippen LogP contribution in [-0.2, 0) is 38.1 Å². The topological polar surface area (TPSA) is 105 Å². The quantitative estimate of drug-likeness (QED) is 0.152. The van der Waals surface area contributed by atoms with E-state index in [2.05, 4.69) is 20.8 Å². The molecule has 302 valence electrons. The molecule has 0 amide bonds. The zero-order valence-electron chi connectivity index (χ0n) is 35.3. The molecular formula is C45H74O8. The second kappa shape index (κ2) is 15.8. The van der Waals surface area contributed by atoms with Crippen molar-refractivity contribution in [3.8, 4) is 0 Å². The molecule has 0 spiro atoms. The van der Waals surface area contributed by atoms with Crippen molar-refractivity contribution < 1.29 is 38.1 Å². The highest BCUT2D eigenvalue weighted by molar-refractivity contribution is 5.79. The minimum absolute atomic E-state index is 0.0312. The Labute approximate surface area is 321 Å². The molecule has 7 saturated carbocycles. The van der Waals surface area contributed by atoms with Gasteiger partial charge in [0.05, 0.1) is 22.2 Å². The first kappa shape index (κ1) is 42.0. The van der Waals surface area contributed by atoms with Crippen LogP contribution in [0.1, 0.15) is 179 Å². The van der Waals surface area contributed by atoms with E-state index in [1.807, 2.05) is 55.4 Å². The highest BCUT2D eigenvalue weighted by Crippen LogP contribution is 2.58. The maximum absolute atomic E-state index is 12.4. The Morgan fingerprint density at radius 2 is 1.17 bits per heavy atom. The van der Waals surface area contributed by atoms with Gasteiger partial charge in [-0.2, -0.15) is 0 Å². The SMILES string of the molecule is CCC(C)(C)C(=O)OC(C)(CC)C1CCCC1.CCC(C)(C)C(=O)OC12CC3CC(CC(C3)C1)C2.CCC(C)(C)C(=O)OC1C2CC3C(=O)OC1C3C2. The Morgan fingerprint density at radius 1 is 0.679 bits per heavy atom. The van der Waals surface area contributed by atoms with Gasteiger partial charge in [0.1, 0.15) is 23.4 Å². The molecule has 6 unspecified atom stereocenters. The summed E-state index contributed by atoms with van der Waals surface area (Å²) >= 11 is 0. The molecule has 8 nitrogen and oxygen atoms in total. The van der Waals surface area contributed by atoms with Crippen molar-refractivity contribution >= 4 is 23.9 Å². The average Bonchev–Trinajstić information content (AvgIpc) is 3.89. The van der Waals surface area contributed by atoms with Crippen LogP contribution in [-0.4, -0.2) is 47.3 Å². The summed E-state index contributed by atoms with van der Waals surface area (Å²) in [6.45, 7) is 22.1. The van der Waals surface area contributed by atoms with Crippen molar-refractivity contribution in [2.24, 2.45) is 57.7 Å². The smallest absolute Gasteiger partial charge is 0.312 e. The monoisotopic (exact) mass is 743 g/mol. The minimum atomic E-state index is -0.455. The molecule has 6 atom stereocenters. The van der Waals surface area contributed by atoms with Gasteiger partial charge in [0.15, 0.2) is 0 Å². The fourth-order valence-corrected chi connectivity index (χ4v) is 10.6. The Bertz CT molecular complexity index is 1300. The van der Waals surface area contributed by atoms with Crippen LogP contribution in [0.3, 0.4) is 0 Å². The zero-order chi connectivity index (χ0) is 39.1. The molecule has 8 aliphatic rings. The summed E-state index contributed by atoms with van der Waals surface area (Å²) in [5.41, 5.74) is -1.44. The van der Waals surface area contributed by atoms with E-state index in [-0.39, 0.29) is 64.0 Å². The lowest BCUT2D eigenvalue weighted by molar-refractivity contribution is -0.196. The lowest BCUT2D eigenvalue weighted by Crippen LogP contribution is -2.53. The van der Waals surface area contributed by atoms with Gasteiger partial charge in [0.25, 0.3) is 0 Å². The van der Waals surface area contributed by atoms with Crippen LogP contribution < -0.4 is 0 Å². The zero-order valence-corrected chi connectivity index (χ0v) is 35.3. The number of ether oxygens (including phenoxy) is 4. The highest BCUT2D eigenvalue weighted by atomic mass is 16.6. The predicted octanol–water partition coefficient (Wildman–Crippen LogP) is 10.2. The molecule has 7 aliphatic carbocycles. The van der Waals surface area contributed by atoms with Gasteiger partial charge in [-0.25, -0.2) is 0 Å². The Balaban J connectivity index is 0.000000153. The summed E-state index contributed by atoms with van der Waals surface area (Å²) in [6.07, 6.45) is 17.4. The number of carbonyl (C=O) groups excluding carboxylic acids is 4. The van der Waals surface area contributed by atoms with Crippen molar-refractivity contribution in [1.82, 2.24) is 0 Å². The van der Waals surface area contributed by atoms with Gasteiger partial charge in [-0.05, 0) is 162 Å². The van der Waals surface area contributed by atoms with E-state index in [0.29, 0.717) is 17.8 Å². The number of hydrogen-bond acceptors (Lipinski definition) is 8. The largest absolute Gasteiger partial charge is 0.459 e. The van der Waals surface area contributed by atoms with Crippen LogP contribution in [0, 0.1) is 57.7 Å². The number of rotatable bonds is 11. The fourth-order valence-electron chi connectivity index (χ4n) is 10.6. The summed E-state index contributed by atoms with van der Waals surface area (Å²) in [7, 11) is 0. The van der Waals surface area contributed by atoms with Crippen molar-refractivity contribution in [2.45, 2.75) is 202 Å². The van der Waals surface area contributed by atoms with Gasteiger partial charge >= 0.3 is 23.9 Å². The molecule has 8 rings (SSSR count). The predicted molar refractivity (Wildman–Crippen MR) is 205 cm³/mol. The summed E-state index contributed by atoms with van der Waals surface area (Å²) in [5.74, 6) is 3.54. The molecule has 1 saturated heterocycles. The maximum Gasteiger partial charge on any atom is 0.312 e. The van der Waals surface area contributed by atoms with Gasteiger partial charge < -0.3 is 18.9 Å². The van der Waals surface area contributed by atoms with Gasteiger partial charge in [0.2, 0.25) is 0 Å². The summed E-state index contributed by atoms with van der Waals surface area (Å²) < 4.78 is 23.0. The molecule has 6 bridgehead atoms. The molecule has 8 fully saturated rings. The standard InChI is InChI=1S/C16H26O2.C15H28O2.C14H20O4/c1-4-15(2,3)14(17)18-16-8-11-5-12(9-16)7-13(6-11)10-16;1-6-14(3,4)13(16)17-15(5,7-2)12-10-8-9-11-12;1-4-14(2,3)13(16)18-10-7-5-8-9(6-7)12(15)17-11(8)10/h11-13H,4-10H2,1-3H3;12H,6-11H2,1-5H3;7-11H,4-6H2,1-3H3. The molecule has 0 radical (unpaired) electrons. The van der Waals surface area contributed by atoms with Crippen molar-refractivity contribution in [3.63, 3.8) is 0 Å². The molecule has 0 N–H and O–H groups in total. The first-order valence-corrected chi connectivity index (χ1v) is 21.6. The van der Waals surface area contributed by atoms with Crippen LogP contribution in [0.2, 0.25) is 0 Å². The normalized spacial score (nSPS) is 35.0. The number of esters is 4. The Morgan fingerprint density at radius 3 is 1.66 bits per heavy atom. The Kier molecular flexibility index (Phi) is 12.5. The van der Waals surface area contributed by atoms with Crippen LogP contribution >= 0.6 is 0 Å². The van der Waals surface area contributed by atoms with E-state index in [1.165, 1.54) is 44.9 Å². The maximum atomic E-state index is 12.4. The van der Waals surface area contributed by atoms with Crippen molar-refractivity contribution in [1.29, 1.82) is 0 Å². The highest BCUT2D eigenvalue weighted by Gasteiger charge is 2.63. The van der Waals surface area contributed by atoms with Crippen LogP contribution in [0.5, 0.6) is 0 Å². The molecule has 0 aromatic rings. The number of carbonyl (C=O) groups is 4.